The van der Waals surface area contributed by atoms with Crippen molar-refractivity contribution >= 4 is 34.9 Å². The molecule has 31 heavy (non-hydrogen) atoms. The van der Waals surface area contributed by atoms with Gasteiger partial charge in [-0.1, -0.05) is 17.7 Å². The number of benzene rings is 1. The molecule has 9 heteroatoms. The molecule has 2 atom stereocenters. The van der Waals surface area contributed by atoms with Gasteiger partial charge in [-0.05, 0) is 54.7 Å². The third kappa shape index (κ3) is 4.27. The van der Waals surface area contributed by atoms with Crippen molar-refractivity contribution in [2.75, 3.05) is 20.3 Å². The van der Waals surface area contributed by atoms with E-state index >= 15 is 0 Å². The second kappa shape index (κ2) is 9.05. The molecule has 0 saturated carbocycles. The van der Waals surface area contributed by atoms with Gasteiger partial charge in [-0.25, -0.2) is 4.79 Å². The maximum absolute atomic E-state index is 11.4. The van der Waals surface area contributed by atoms with Crippen LogP contribution in [0.3, 0.4) is 0 Å². The number of rotatable bonds is 7. The number of carboxylic acids is 1. The molecule has 0 amide bonds. The molecule has 1 aromatic carbocycles. The Kier molecular flexibility index (Phi) is 6.22. The number of carboxylic acid groups (broad SMARTS) is 1. The van der Waals surface area contributed by atoms with E-state index < -0.39 is 5.97 Å². The van der Waals surface area contributed by atoms with E-state index in [1.54, 1.807) is 25.4 Å². The van der Waals surface area contributed by atoms with Crippen LogP contribution in [0.4, 0.5) is 0 Å². The van der Waals surface area contributed by atoms with Crippen molar-refractivity contribution in [3.63, 3.8) is 0 Å². The van der Waals surface area contributed by atoms with E-state index in [0.29, 0.717) is 40.4 Å². The quantitative estimate of drug-likeness (QED) is 0.507. The van der Waals surface area contributed by atoms with Gasteiger partial charge in [-0.2, -0.15) is 0 Å². The molecule has 2 aromatic heterocycles. The fourth-order valence-corrected chi connectivity index (χ4v) is 4.19. The van der Waals surface area contributed by atoms with Gasteiger partial charge in [0.15, 0.2) is 5.11 Å². The van der Waals surface area contributed by atoms with Crippen LogP contribution < -0.4 is 5.32 Å². The third-order valence-electron chi connectivity index (χ3n) is 5.13. The van der Waals surface area contributed by atoms with Crippen molar-refractivity contribution < 1.29 is 19.1 Å². The van der Waals surface area contributed by atoms with E-state index in [1.807, 2.05) is 29.2 Å². The van der Waals surface area contributed by atoms with Gasteiger partial charge in [0.2, 0.25) is 0 Å². The highest BCUT2D eigenvalue weighted by Crippen LogP contribution is 2.41. The Labute approximate surface area is 189 Å². The van der Waals surface area contributed by atoms with Crippen LogP contribution in [0.1, 0.15) is 33.9 Å². The fourth-order valence-electron chi connectivity index (χ4n) is 3.65. The molecular formula is C22H20ClN3O4S. The number of carbonyl (C=O) groups is 1. The minimum absolute atomic E-state index is 0.133. The number of ether oxygens (including phenoxy) is 1. The Bertz CT molecular complexity index is 1110. The normalized spacial score (nSPS) is 18.3. The van der Waals surface area contributed by atoms with Crippen LogP contribution in [0.5, 0.6) is 0 Å². The second-order valence-electron chi connectivity index (χ2n) is 7.01. The number of methoxy groups -OCH3 is 1. The number of aromatic carboxylic acids is 1. The molecule has 2 N–H and O–H groups in total. The number of aromatic nitrogens is 1. The molecule has 0 spiro atoms. The number of pyridine rings is 1. The summed E-state index contributed by atoms with van der Waals surface area (Å²) in [5.41, 5.74) is 1.48. The van der Waals surface area contributed by atoms with Crippen LogP contribution >= 0.6 is 23.8 Å². The zero-order chi connectivity index (χ0) is 22.0. The summed E-state index contributed by atoms with van der Waals surface area (Å²) >= 11 is 11.9. The summed E-state index contributed by atoms with van der Waals surface area (Å²) in [5.74, 6) is 0.106. The van der Waals surface area contributed by atoms with E-state index in [2.05, 4.69) is 10.3 Å². The number of nitrogens with one attached hydrogen (secondary N) is 1. The molecule has 0 bridgehead atoms. The predicted octanol–water partition coefficient (Wildman–Crippen LogP) is 4.31. The summed E-state index contributed by atoms with van der Waals surface area (Å²) in [5, 5.41) is 13.6. The molecule has 1 aliphatic heterocycles. The van der Waals surface area contributed by atoms with Gasteiger partial charge in [0, 0.05) is 25.4 Å². The van der Waals surface area contributed by atoms with Crippen LogP contribution in [0.2, 0.25) is 5.02 Å². The SMILES string of the molecule is COCCN1C(=S)N[C@@H](c2ccccn2)[C@H]1c1ccc(-c2cc(C(=O)O)ccc2Cl)o1. The number of halogens is 1. The van der Waals surface area contributed by atoms with Crippen LogP contribution in [-0.2, 0) is 4.74 Å². The molecule has 1 saturated heterocycles. The molecule has 0 aliphatic carbocycles. The molecule has 3 heterocycles. The lowest BCUT2D eigenvalue weighted by molar-refractivity contribution is 0.0697. The predicted molar refractivity (Wildman–Crippen MR) is 120 cm³/mol. The summed E-state index contributed by atoms with van der Waals surface area (Å²) in [6.07, 6.45) is 1.74. The summed E-state index contributed by atoms with van der Waals surface area (Å²) in [4.78, 5) is 17.9. The molecular weight excluding hydrogens is 438 g/mol. The minimum atomic E-state index is -1.03. The largest absolute Gasteiger partial charge is 0.478 e. The van der Waals surface area contributed by atoms with Crippen molar-refractivity contribution in [1.29, 1.82) is 0 Å². The zero-order valence-corrected chi connectivity index (χ0v) is 18.2. The zero-order valence-electron chi connectivity index (χ0n) is 16.6. The Balaban J connectivity index is 1.74. The first-order chi connectivity index (χ1) is 15.0. The highest BCUT2D eigenvalue weighted by molar-refractivity contribution is 7.80. The summed E-state index contributed by atoms with van der Waals surface area (Å²) < 4.78 is 11.4. The molecule has 160 valence electrons. The lowest BCUT2D eigenvalue weighted by atomic mass is 10.0. The monoisotopic (exact) mass is 457 g/mol. The van der Waals surface area contributed by atoms with E-state index in [1.165, 1.54) is 12.1 Å². The lowest BCUT2D eigenvalue weighted by Crippen LogP contribution is -2.32. The van der Waals surface area contributed by atoms with Crippen LogP contribution in [-0.4, -0.2) is 46.3 Å². The average molecular weight is 458 g/mol. The molecule has 4 rings (SSSR count). The number of hydrogen-bond acceptors (Lipinski definition) is 5. The van der Waals surface area contributed by atoms with Crippen molar-refractivity contribution in [2.45, 2.75) is 12.1 Å². The number of thiocarbonyl (C=S) groups is 1. The van der Waals surface area contributed by atoms with Gasteiger partial charge in [-0.15, -0.1) is 0 Å². The minimum Gasteiger partial charge on any atom is -0.478 e. The maximum atomic E-state index is 11.4. The van der Waals surface area contributed by atoms with Crippen molar-refractivity contribution in [3.05, 3.63) is 76.8 Å². The molecule has 0 radical (unpaired) electrons. The van der Waals surface area contributed by atoms with Crippen molar-refractivity contribution in [2.24, 2.45) is 0 Å². The van der Waals surface area contributed by atoms with Crippen molar-refractivity contribution in [1.82, 2.24) is 15.2 Å². The Morgan fingerprint density at radius 1 is 1.32 bits per heavy atom. The van der Waals surface area contributed by atoms with E-state index in [0.717, 1.165) is 5.69 Å². The van der Waals surface area contributed by atoms with Crippen molar-refractivity contribution in [3.8, 4) is 11.3 Å². The van der Waals surface area contributed by atoms with E-state index in [9.17, 15) is 9.90 Å². The Morgan fingerprint density at radius 3 is 2.87 bits per heavy atom. The maximum Gasteiger partial charge on any atom is 0.335 e. The van der Waals surface area contributed by atoms with Gasteiger partial charge >= 0.3 is 5.97 Å². The van der Waals surface area contributed by atoms with E-state index in [-0.39, 0.29) is 17.6 Å². The number of furan rings is 1. The summed E-state index contributed by atoms with van der Waals surface area (Å²) in [6.45, 7) is 1.06. The summed E-state index contributed by atoms with van der Waals surface area (Å²) in [6, 6.07) is 13.4. The van der Waals surface area contributed by atoms with Gasteiger partial charge in [0.25, 0.3) is 0 Å². The van der Waals surface area contributed by atoms with Crippen LogP contribution in [0.15, 0.2) is 59.1 Å². The fraction of sp³-hybridized carbons (Fsp3) is 0.227. The molecule has 1 aliphatic rings. The van der Waals surface area contributed by atoms with E-state index in [4.69, 9.17) is 33.0 Å². The Morgan fingerprint density at radius 2 is 2.16 bits per heavy atom. The highest BCUT2D eigenvalue weighted by Gasteiger charge is 2.41. The smallest absolute Gasteiger partial charge is 0.335 e. The van der Waals surface area contributed by atoms with Gasteiger partial charge in [0.1, 0.15) is 17.6 Å². The van der Waals surface area contributed by atoms with Crippen LogP contribution in [0.25, 0.3) is 11.3 Å². The first-order valence-electron chi connectivity index (χ1n) is 9.59. The topological polar surface area (TPSA) is 87.8 Å². The lowest BCUT2D eigenvalue weighted by Gasteiger charge is -2.25. The molecule has 3 aromatic rings. The van der Waals surface area contributed by atoms with Gasteiger partial charge in [0.05, 0.1) is 28.9 Å². The average Bonchev–Trinajstić information content (AvgIpc) is 3.37. The van der Waals surface area contributed by atoms with Gasteiger partial charge in [-0.3, -0.25) is 4.98 Å². The highest BCUT2D eigenvalue weighted by atomic mass is 35.5. The molecule has 1 fully saturated rings. The first-order valence-corrected chi connectivity index (χ1v) is 10.4. The Hall–Kier alpha value is -2.94. The third-order valence-corrected chi connectivity index (χ3v) is 5.81. The number of nitrogens with zero attached hydrogens (tertiary/aromatic N) is 2. The van der Waals surface area contributed by atoms with Crippen LogP contribution in [0, 0.1) is 0 Å². The first kappa shape index (κ1) is 21.3. The second-order valence-corrected chi connectivity index (χ2v) is 7.81. The molecule has 0 unspecified atom stereocenters. The summed E-state index contributed by atoms with van der Waals surface area (Å²) in [7, 11) is 1.64. The standard InChI is InChI=1S/C22H20ClN3O4S/c1-29-11-10-26-20(19(25-22(26)31)16-4-2-3-9-24-16)18-8-7-17(30-18)14-12-13(21(27)28)5-6-15(14)23/h2-9,12,19-20H,10-11H2,1H3,(H,25,31)(H,27,28)/t19-,20+/m0/s1. The number of hydrogen-bond donors (Lipinski definition) is 2. The molecule has 7 nitrogen and oxygen atoms in total. The van der Waals surface area contributed by atoms with Gasteiger partial charge < -0.3 is 24.5 Å².